The second-order valence-corrected chi connectivity index (χ2v) is 6.34. The number of aryl methyl sites for hydroxylation is 1. The minimum Gasteiger partial charge on any atom is -0.504 e. The van der Waals surface area contributed by atoms with Crippen LogP contribution in [0.5, 0.6) is 17.2 Å². The van der Waals surface area contributed by atoms with E-state index < -0.39 is 0 Å². The Morgan fingerprint density at radius 3 is 2.25 bits per heavy atom. The van der Waals surface area contributed by atoms with Gasteiger partial charge in [0.2, 0.25) is 0 Å². The largest absolute Gasteiger partial charge is 0.504 e. The van der Waals surface area contributed by atoms with Crippen molar-refractivity contribution >= 4 is 0 Å². The summed E-state index contributed by atoms with van der Waals surface area (Å²) in [5.74, 6) is 1.64. The Morgan fingerprint density at radius 2 is 1.54 bits per heavy atom. The molecule has 130 valence electrons. The molecule has 2 nitrogen and oxygen atoms in total. The third kappa shape index (κ3) is 5.30. The fourth-order valence-corrected chi connectivity index (χ4v) is 3.06. The number of phenols is 1. The van der Waals surface area contributed by atoms with Crippen LogP contribution >= 0.6 is 0 Å². The van der Waals surface area contributed by atoms with Crippen molar-refractivity contribution in [1.82, 2.24) is 0 Å². The first-order valence-corrected chi connectivity index (χ1v) is 9.32. The van der Waals surface area contributed by atoms with Crippen molar-refractivity contribution in [1.29, 1.82) is 0 Å². The van der Waals surface area contributed by atoms with Crippen LogP contribution in [0.15, 0.2) is 42.5 Å². The maximum absolute atomic E-state index is 10.3. The van der Waals surface area contributed by atoms with Gasteiger partial charge in [-0.05, 0) is 43.0 Å². The van der Waals surface area contributed by atoms with Crippen LogP contribution < -0.4 is 4.74 Å². The smallest absolute Gasteiger partial charge is 0.172 e. The molecular weight excluding hydrogens is 296 g/mol. The van der Waals surface area contributed by atoms with E-state index in [1.165, 1.54) is 37.7 Å². The number of phenolic OH excluding ortho intramolecular Hbond substituents is 1. The van der Waals surface area contributed by atoms with Crippen molar-refractivity contribution in [2.45, 2.75) is 65.2 Å². The fraction of sp³-hybridized carbons (Fsp3) is 0.455. The van der Waals surface area contributed by atoms with Gasteiger partial charge in [-0.1, -0.05) is 70.2 Å². The van der Waals surface area contributed by atoms with Crippen molar-refractivity contribution in [2.24, 2.45) is 0 Å². The molecule has 0 aliphatic heterocycles. The summed E-state index contributed by atoms with van der Waals surface area (Å²) in [6, 6.07) is 13.5. The van der Waals surface area contributed by atoms with E-state index in [4.69, 9.17) is 4.74 Å². The quantitative estimate of drug-likeness (QED) is 0.495. The first kappa shape index (κ1) is 18.4. The van der Waals surface area contributed by atoms with Crippen LogP contribution in [0.3, 0.4) is 0 Å². The highest BCUT2D eigenvalue weighted by atomic mass is 16.5. The molecule has 0 spiro atoms. The number of rotatable bonds is 10. The van der Waals surface area contributed by atoms with E-state index in [-0.39, 0.29) is 5.75 Å². The van der Waals surface area contributed by atoms with E-state index in [0.717, 1.165) is 30.6 Å². The van der Waals surface area contributed by atoms with E-state index in [1.54, 1.807) is 6.07 Å². The molecule has 0 amide bonds. The summed E-state index contributed by atoms with van der Waals surface area (Å²) < 4.78 is 6.03. The SMILES string of the molecule is CCCCCCCCc1c(CC)ccc(O)c1Oc1ccccc1. The van der Waals surface area contributed by atoms with E-state index in [0.29, 0.717) is 5.75 Å². The maximum Gasteiger partial charge on any atom is 0.172 e. The molecule has 0 heterocycles. The van der Waals surface area contributed by atoms with Crippen LogP contribution in [0.2, 0.25) is 0 Å². The fourth-order valence-electron chi connectivity index (χ4n) is 3.06. The van der Waals surface area contributed by atoms with Gasteiger partial charge in [-0.2, -0.15) is 0 Å². The van der Waals surface area contributed by atoms with Gasteiger partial charge in [-0.25, -0.2) is 0 Å². The highest BCUT2D eigenvalue weighted by molar-refractivity contribution is 5.52. The number of hydrogen-bond acceptors (Lipinski definition) is 2. The molecular formula is C22H30O2. The molecule has 0 aromatic heterocycles. The normalized spacial score (nSPS) is 10.8. The lowest BCUT2D eigenvalue weighted by Gasteiger charge is -2.16. The summed E-state index contributed by atoms with van der Waals surface area (Å²) in [5, 5.41) is 10.3. The van der Waals surface area contributed by atoms with E-state index in [2.05, 4.69) is 13.8 Å². The van der Waals surface area contributed by atoms with Gasteiger partial charge in [-0.3, -0.25) is 0 Å². The Kier molecular flexibility index (Phi) is 7.67. The van der Waals surface area contributed by atoms with Crippen LogP contribution in [0.1, 0.15) is 63.5 Å². The number of benzene rings is 2. The van der Waals surface area contributed by atoms with Crippen LogP contribution in [0, 0.1) is 0 Å². The van der Waals surface area contributed by atoms with Crippen LogP contribution in [0.25, 0.3) is 0 Å². The lowest BCUT2D eigenvalue weighted by molar-refractivity contribution is 0.405. The second-order valence-electron chi connectivity index (χ2n) is 6.34. The van der Waals surface area contributed by atoms with Crippen molar-refractivity contribution in [3.63, 3.8) is 0 Å². The van der Waals surface area contributed by atoms with E-state index in [9.17, 15) is 5.11 Å². The van der Waals surface area contributed by atoms with Crippen LogP contribution in [-0.4, -0.2) is 5.11 Å². The van der Waals surface area contributed by atoms with Gasteiger partial charge in [-0.15, -0.1) is 0 Å². The Balaban J connectivity index is 2.10. The van der Waals surface area contributed by atoms with E-state index in [1.807, 2.05) is 36.4 Å². The zero-order valence-corrected chi connectivity index (χ0v) is 15.1. The predicted octanol–water partition coefficient (Wildman–Crippen LogP) is 6.65. The Hall–Kier alpha value is -1.96. The molecule has 0 bridgehead atoms. The molecule has 2 aromatic rings. The van der Waals surface area contributed by atoms with Gasteiger partial charge in [0.25, 0.3) is 0 Å². The molecule has 2 rings (SSSR count). The molecule has 1 N–H and O–H groups in total. The molecule has 0 saturated carbocycles. The van der Waals surface area contributed by atoms with Gasteiger partial charge in [0.1, 0.15) is 5.75 Å². The van der Waals surface area contributed by atoms with Gasteiger partial charge < -0.3 is 9.84 Å². The summed E-state index contributed by atoms with van der Waals surface area (Å²) in [7, 11) is 0. The van der Waals surface area contributed by atoms with E-state index >= 15 is 0 Å². The molecule has 0 radical (unpaired) electrons. The van der Waals surface area contributed by atoms with Crippen molar-refractivity contribution in [3.05, 3.63) is 53.6 Å². The Bertz CT molecular complexity index is 605. The third-order valence-electron chi connectivity index (χ3n) is 4.46. The van der Waals surface area contributed by atoms with Gasteiger partial charge in [0, 0.05) is 5.56 Å². The summed E-state index contributed by atoms with van der Waals surface area (Å²) in [6.07, 6.45) is 9.53. The highest BCUT2D eigenvalue weighted by Gasteiger charge is 2.14. The Morgan fingerprint density at radius 1 is 0.833 bits per heavy atom. The van der Waals surface area contributed by atoms with Crippen molar-refractivity contribution in [3.8, 4) is 17.2 Å². The first-order chi connectivity index (χ1) is 11.8. The average Bonchev–Trinajstić information content (AvgIpc) is 2.61. The second kappa shape index (κ2) is 10.0. The highest BCUT2D eigenvalue weighted by Crippen LogP contribution is 2.37. The molecule has 0 fully saturated rings. The molecule has 0 aliphatic rings. The average molecular weight is 326 g/mol. The third-order valence-corrected chi connectivity index (χ3v) is 4.46. The summed E-state index contributed by atoms with van der Waals surface area (Å²) in [4.78, 5) is 0. The van der Waals surface area contributed by atoms with Gasteiger partial charge in [0.15, 0.2) is 11.5 Å². The number of aromatic hydroxyl groups is 1. The molecule has 0 saturated heterocycles. The lowest BCUT2D eigenvalue weighted by atomic mass is 9.97. The molecule has 24 heavy (non-hydrogen) atoms. The summed E-state index contributed by atoms with van der Waals surface area (Å²) >= 11 is 0. The van der Waals surface area contributed by atoms with Crippen molar-refractivity contribution in [2.75, 3.05) is 0 Å². The molecule has 0 atom stereocenters. The lowest BCUT2D eigenvalue weighted by Crippen LogP contribution is -1.99. The first-order valence-electron chi connectivity index (χ1n) is 9.32. The standard InChI is InChI=1S/C22H30O2/c1-3-5-6-7-8-12-15-20-18(4-2)16-17-21(23)22(20)24-19-13-10-9-11-14-19/h9-11,13-14,16-17,23H,3-8,12,15H2,1-2H3. The van der Waals surface area contributed by atoms with Gasteiger partial charge in [0.05, 0.1) is 0 Å². The zero-order chi connectivity index (χ0) is 17.2. The van der Waals surface area contributed by atoms with Gasteiger partial charge >= 0.3 is 0 Å². The number of para-hydroxylation sites is 1. The summed E-state index contributed by atoms with van der Waals surface area (Å²) in [6.45, 7) is 4.40. The molecule has 2 aromatic carbocycles. The topological polar surface area (TPSA) is 29.5 Å². The molecule has 2 heteroatoms. The number of unbranched alkanes of at least 4 members (excludes halogenated alkanes) is 5. The van der Waals surface area contributed by atoms with Crippen LogP contribution in [0.4, 0.5) is 0 Å². The van der Waals surface area contributed by atoms with Crippen LogP contribution in [-0.2, 0) is 12.8 Å². The molecule has 0 aliphatic carbocycles. The monoisotopic (exact) mass is 326 g/mol. The minimum atomic E-state index is 0.233. The maximum atomic E-state index is 10.3. The number of hydrogen-bond donors (Lipinski definition) is 1. The molecule has 0 unspecified atom stereocenters. The van der Waals surface area contributed by atoms with Crippen molar-refractivity contribution < 1.29 is 9.84 Å². The number of ether oxygens (including phenoxy) is 1. The zero-order valence-electron chi connectivity index (χ0n) is 15.1. The Labute approximate surface area is 146 Å². The minimum absolute atomic E-state index is 0.233. The summed E-state index contributed by atoms with van der Waals surface area (Å²) in [5.41, 5.74) is 2.43. The predicted molar refractivity (Wildman–Crippen MR) is 101 cm³/mol.